The maximum Gasteiger partial charge on any atom is 0.302 e. The summed E-state index contributed by atoms with van der Waals surface area (Å²) < 4.78 is 10.1. The summed E-state index contributed by atoms with van der Waals surface area (Å²) in [6, 6.07) is 0. The van der Waals surface area contributed by atoms with Crippen LogP contribution in [-0.4, -0.2) is 82.4 Å². The van der Waals surface area contributed by atoms with Gasteiger partial charge in [-0.3, -0.25) is 19.2 Å². The van der Waals surface area contributed by atoms with Crippen LogP contribution in [0.4, 0.5) is 0 Å². The summed E-state index contributed by atoms with van der Waals surface area (Å²) in [4.78, 5) is 51.3. The van der Waals surface area contributed by atoms with Gasteiger partial charge in [-0.25, -0.2) is 0 Å². The fraction of sp³-hybridized carbons (Fsp3) is 0.857. The molecule has 0 heterocycles. The molecule has 2 fully saturated rings. The Morgan fingerprint density at radius 1 is 0.605 bits per heavy atom. The normalized spacial score (nSPS) is 18.3. The van der Waals surface area contributed by atoms with Gasteiger partial charge in [0.1, 0.15) is 0 Å². The van der Waals surface area contributed by atoms with Crippen molar-refractivity contribution >= 4 is 45.3 Å². The Kier molecular flexibility index (Phi) is 14.4. The van der Waals surface area contributed by atoms with Crippen molar-refractivity contribution in [3.8, 4) is 0 Å². The van der Waals surface area contributed by atoms with E-state index in [0.29, 0.717) is 52.2 Å². The van der Waals surface area contributed by atoms with Crippen LogP contribution in [0.5, 0.6) is 0 Å². The van der Waals surface area contributed by atoms with Crippen molar-refractivity contribution in [2.45, 2.75) is 114 Å². The molecule has 38 heavy (non-hydrogen) atoms. The molecule has 2 aliphatic rings. The number of hydrogen-bond acceptors (Lipinski definition) is 8. The smallest absolute Gasteiger partial charge is 0.302 e. The third-order valence-corrected chi connectivity index (χ3v) is 11.8. The highest BCUT2D eigenvalue weighted by molar-refractivity contribution is 8.77. The van der Waals surface area contributed by atoms with Gasteiger partial charge in [-0.1, -0.05) is 60.1 Å². The van der Waals surface area contributed by atoms with Crippen LogP contribution < -0.4 is 0 Å². The second kappa shape index (κ2) is 16.6. The van der Waals surface area contributed by atoms with Crippen LogP contribution in [0.3, 0.4) is 0 Å². The standard InChI is InChI=1S/C28H48N2O6S2/c1-23(31)29(17-11-19-35-25(3)33)21-27(13-7-5-8-14-27)37-38-28(15-9-6-10-16-28)22-30(24(2)32)18-12-20-36-26(4)34/h5-22H2,1-4H3. The molecule has 0 atom stereocenters. The predicted molar refractivity (Wildman–Crippen MR) is 154 cm³/mol. The SMILES string of the molecule is CC(=O)OCCCN(CC1(SSC2(CN(CCCOC(C)=O)C(C)=O)CCCCC2)CCCCC1)C(C)=O. The Morgan fingerprint density at radius 2 is 0.947 bits per heavy atom. The van der Waals surface area contributed by atoms with E-state index >= 15 is 0 Å². The second-order valence-electron chi connectivity index (χ2n) is 10.9. The highest BCUT2D eigenvalue weighted by atomic mass is 33.1. The highest BCUT2D eigenvalue weighted by Gasteiger charge is 2.42. The summed E-state index contributed by atoms with van der Waals surface area (Å²) in [7, 11) is 3.91. The first-order valence-corrected chi connectivity index (χ1v) is 16.4. The molecule has 0 aliphatic heterocycles. The molecule has 0 unspecified atom stereocenters. The lowest BCUT2D eigenvalue weighted by molar-refractivity contribution is -0.142. The minimum absolute atomic E-state index is 0.0170. The van der Waals surface area contributed by atoms with Gasteiger partial charge < -0.3 is 19.3 Å². The van der Waals surface area contributed by atoms with Gasteiger partial charge in [0, 0.05) is 63.4 Å². The maximum absolute atomic E-state index is 12.6. The molecule has 10 heteroatoms. The number of hydrogen-bond donors (Lipinski definition) is 0. The van der Waals surface area contributed by atoms with Gasteiger partial charge in [0.2, 0.25) is 11.8 Å². The van der Waals surface area contributed by atoms with E-state index in [2.05, 4.69) is 0 Å². The van der Waals surface area contributed by atoms with E-state index < -0.39 is 0 Å². The lowest BCUT2D eigenvalue weighted by Gasteiger charge is -2.45. The van der Waals surface area contributed by atoms with E-state index in [1.54, 1.807) is 13.8 Å². The molecular formula is C28H48N2O6S2. The third-order valence-electron chi connectivity index (χ3n) is 7.53. The molecule has 0 saturated heterocycles. The van der Waals surface area contributed by atoms with Gasteiger partial charge in [0.05, 0.1) is 13.2 Å². The topological polar surface area (TPSA) is 93.2 Å². The van der Waals surface area contributed by atoms with Gasteiger partial charge >= 0.3 is 11.9 Å². The van der Waals surface area contributed by atoms with Gasteiger partial charge in [-0.2, -0.15) is 0 Å². The molecule has 218 valence electrons. The monoisotopic (exact) mass is 572 g/mol. The van der Waals surface area contributed by atoms with Gasteiger partial charge in [-0.05, 0) is 38.5 Å². The van der Waals surface area contributed by atoms with E-state index in [4.69, 9.17) is 9.47 Å². The predicted octanol–water partition coefficient (Wildman–Crippen LogP) is 5.38. The van der Waals surface area contributed by atoms with Crippen molar-refractivity contribution in [3.05, 3.63) is 0 Å². The van der Waals surface area contributed by atoms with Crippen molar-refractivity contribution in [2.75, 3.05) is 39.4 Å². The molecule has 2 saturated carbocycles. The molecule has 0 aromatic rings. The molecular weight excluding hydrogens is 524 g/mol. The van der Waals surface area contributed by atoms with E-state index in [0.717, 1.165) is 51.4 Å². The minimum Gasteiger partial charge on any atom is -0.466 e. The summed E-state index contributed by atoms with van der Waals surface area (Å²) in [6.45, 7) is 9.30. The highest BCUT2D eigenvalue weighted by Crippen LogP contribution is 2.54. The van der Waals surface area contributed by atoms with Crippen molar-refractivity contribution in [3.63, 3.8) is 0 Å². The first kappa shape index (κ1) is 32.8. The van der Waals surface area contributed by atoms with Gasteiger partial charge in [0.15, 0.2) is 0 Å². The van der Waals surface area contributed by atoms with Gasteiger partial charge in [0.25, 0.3) is 0 Å². The first-order chi connectivity index (χ1) is 18.1. The minimum atomic E-state index is -0.293. The van der Waals surface area contributed by atoms with Crippen molar-refractivity contribution in [2.24, 2.45) is 0 Å². The van der Waals surface area contributed by atoms with Crippen LogP contribution in [-0.2, 0) is 28.7 Å². The molecule has 0 N–H and O–H groups in total. The first-order valence-electron chi connectivity index (χ1n) is 14.2. The van der Waals surface area contributed by atoms with E-state index in [1.165, 1.54) is 26.7 Å². The van der Waals surface area contributed by atoms with Crippen molar-refractivity contribution in [1.29, 1.82) is 0 Å². The number of esters is 2. The van der Waals surface area contributed by atoms with Crippen molar-refractivity contribution in [1.82, 2.24) is 9.80 Å². The molecule has 0 spiro atoms. The number of amides is 2. The average Bonchev–Trinajstić information content (AvgIpc) is 2.87. The van der Waals surface area contributed by atoms with Gasteiger partial charge in [-0.15, -0.1) is 0 Å². The average molecular weight is 573 g/mol. The summed E-state index contributed by atoms with van der Waals surface area (Å²) in [5.41, 5.74) is 0. The Balaban J connectivity index is 2.10. The molecule has 0 aromatic heterocycles. The quantitative estimate of drug-likeness (QED) is 0.147. The zero-order chi connectivity index (χ0) is 28.0. The van der Waals surface area contributed by atoms with Crippen LogP contribution in [0.2, 0.25) is 0 Å². The number of carbonyl (C=O) groups is 4. The summed E-state index contributed by atoms with van der Waals surface area (Å²) in [5, 5.41) is 0. The molecule has 2 rings (SSSR count). The molecule has 0 aromatic carbocycles. The number of nitrogens with zero attached hydrogens (tertiary/aromatic N) is 2. The van der Waals surface area contributed by atoms with Crippen molar-refractivity contribution < 1.29 is 28.7 Å². The zero-order valence-electron chi connectivity index (χ0n) is 23.9. The molecule has 8 nitrogen and oxygen atoms in total. The Bertz CT molecular complexity index is 717. The summed E-state index contributed by atoms with van der Waals surface area (Å²) in [6.07, 6.45) is 12.7. The molecule has 2 aliphatic carbocycles. The van der Waals surface area contributed by atoms with Crippen LogP contribution in [0, 0.1) is 0 Å². The molecule has 0 radical (unpaired) electrons. The second-order valence-corrected chi connectivity index (χ2v) is 14.0. The van der Waals surface area contributed by atoms with E-state index in [9.17, 15) is 19.2 Å². The van der Waals surface area contributed by atoms with Crippen LogP contribution in [0.15, 0.2) is 0 Å². The Labute approximate surface area is 237 Å². The number of carbonyl (C=O) groups excluding carboxylic acids is 4. The van der Waals surface area contributed by atoms with E-state index in [-0.39, 0.29) is 33.2 Å². The van der Waals surface area contributed by atoms with Crippen LogP contribution >= 0.6 is 21.6 Å². The maximum atomic E-state index is 12.6. The molecule has 2 amide bonds. The number of ether oxygens (including phenoxy) is 2. The Morgan fingerprint density at radius 3 is 1.24 bits per heavy atom. The molecule has 0 bridgehead atoms. The largest absolute Gasteiger partial charge is 0.466 e. The fourth-order valence-electron chi connectivity index (χ4n) is 5.44. The lowest BCUT2D eigenvalue weighted by atomic mass is 9.87. The van der Waals surface area contributed by atoms with Crippen LogP contribution in [0.25, 0.3) is 0 Å². The lowest BCUT2D eigenvalue weighted by Crippen LogP contribution is -2.47. The summed E-state index contributed by atoms with van der Waals surface area (Å²) >= 11 is 0. The zero-order valence-corrected chi connectivity index (χ0v) is 25.5. The Hall–Kier alpha value is -1.42. The van der Waals surface area contributed by atoms with E-state index in [1.807, 2.05) is 31.4 Å². The van der Waals surface area contributed by atoms with Crippen LogP contribution in [0.1, 0.15) is 105 Å². The number of rotatable bonds is 15. The third kappa shape index (κ3) is 11.8. The fourth-order valence-corrected chi connectivity index (χ4v) is 9.50. The summed E-state index contributed by atoms with van der Waals surface area (Å²) in [5.74, 6) is -0.463.